The van der Waals surface area contributed by atoms with Gasteiger partial charge in [0.05, 0.1) is 13.1 Å². The van der Waals surface area contributed by atoms with Crippen molar-refractivity contribution >= 4 is 21.7 Å². The number of rotatable bonds is 6. The highest BCUT2D eigenvalue weighted by Crippen LogP contribution is 2.20. The average molecular weight is 322 g/mol. The fourth-order valence-corrected chi connectivity index (χ4v) is 3.56. The Morgan fingerprint density at radius 3 is 2.68 bits per heavy atom. The number of carbonyl (C=O) groups is 1. The number of carbonyl (C=O) groups excluding carboxylic acids is 1. The minimum Gasteiger partial charge on any atom is -0.361 e. The molecule has 8 heteroatoms. The third kappa shape index (κ3) is 3.96. The Kier molecular flexibility index (Phi) is 5.35. The van der Waals surface area contributed by atoms with Crippen molar-refractivity contribution in [1.82, 2.24) is 14.6 Å². The van der Waals surface area contributed by atoms with Gasteiger partial charge in [-0.15, -0.1) is 6.42 Å². The van der Waals surface area contributed by atoms with Crippen LogP contribution in [0.4, 0.5) is 5.82 Å². The molecular weight excluding hydrogens is 304 g/mol. The van der Waals surface area contributed by atoms with E-state index in [1.54, 1.807) is 0 Å². The molecule has 0 aliphatic carbocycles. The van der Waals surface area contributed by atoms with Crippen molar-refractivity contribution in [2.45, 2.75) is 17.7 Å². The van der Waals surface area contributed by atoms with Crippen LogP contribution in [0.2, 0.25) is 0 Å². The number of hydrogen-bond acceptors (Lipinski definition) is 5. The summed E-state index contributed by atoms with van der Waals surface area (Å²) in [5, 5.41) is 5.31. The molecule has 1 aromatic heterocycles. The second-order valence-corrected chi connectivity index (χ2v) is 6.76. The molecule has 2 N–H and O–H groups in total. The molecule has 2 rings (SSSR count). The molecule has 1 aliphatic rings. The molecule has 0 radical (unpaired) electrons. The Hall–Kier alpha value is -2.11. The van der Waals surface area contributed by atoms with Gasteiger partial charge >= 0.3 is 0 Å². The molecular formula is C14H18N4O3S. The number of nitrogens with zero attached hydrogens (tertiary/aromatic N) is 2. The zero-order chi connectivity index (χ0) is 16.0. The summed E-state index contributed by atoms with van der Waals surface area (Å²) in [6, 6.07) is 3.03. The van der Waals surface area contributed by atoms with E-state index in [0.717, 1.165) is 12.8 Å². The van der Waals surface area contributed by atoms with Crippen molar-refractivity contribution in [2.75, 3.05) is 31.5 Å². The van der Waals surface area contributed by atoms with Crippen molar-refractivity contribution in [3.63, 3.8) is 0 Å². The predicted molar refractivity (Wildman–Crippen MR) is 82.6 cm³/mol. The van der Waals surface area contributed by atoms with E-state index in [2.05, 4.69) is 21.5 Å². The molecule has 1 fully saturated rings. The fourth-order valence-electron chi connectivity index (χ4n) is 2.10. The number of hydrogen-bond donors (Lipinski definition) is 2. The van der Waals surface area contributed by atoms with Crippen LogP contribution in [0.25, 0.3) is 0 Å². The number of amides is 1. The Morgan fingerprint density at radius 2 is 2.09 bits per heavy atom. The lowest BCUT2D eigenvalue weighted by molar-refractivity contribution is -0.119. The van der Waals surface area contributed by atoms with Gasteiger partial charge in [0, 0.05) is 19.3 Å². The lowest BCUT2D eigenvalue weighted by atomic mass is 10.4. The van der Waals surface area contributed by atoms with Gasteiger partial charge in [0.1, 0.15) is 10.7 Å². The number of aromatic nitrogens is 1. The van der Waals surface area contributed by atoms with Crippen LogP contribution in [-0.2, 0) is 14.8 Å². The molecule has 7 nitrogen and oxygen atoms in total. The SMILES string of the molecule is C#CCNC(=O)CNc1ccc(S(=O)(=O)N2CCCC2)cn1. The van der Waals surface area contributed by atoms with Gasteiger partial charge in [-0.2, -0.15) is 4.31 Å². The first-order chi connectivity index (χ1) is 10.5. The molecule has 0 bridgehead atoms. The topological polar surface area (TPSA) is 91.4 Å². The molecule has 0 aromatic carbocycles. The van der Waals surface area contributed by atoms with E-state index in [4.69, 9.17) is 6.42 Å². The number of nitrogens with one attached hydrogen (secondary N) is 2. The second-order valence-electron chi connectivity index (χ2n) is 4.82. The van der Waals surface area contributed by atoms with Gasteiger partial charge in [-0.3, -0.25) is 4.79 Å². The minimum absolute atomic E-state index is 0.0207. The Morgan fingerprint density at radius 1 is 1.36 bits per heavy atom. The van der Waals surface area contributed by atoms with E-state index >= 15 is 0 Å². The van der Waals surface area contributed by atoms with Gasteiger partial charge in [0.15, 0.2) is 0 Å². The maximum atomic E-state index is 12.3. The van der Waals surface area contributed by atoms with Gasteiger partial charge in [-0.05, 0) is 25.0 Å². The zero-order valence-electron chi connectivity index (χ0n) is 12.1. The van der Waals surface area contributed by atoms with E-state index in [9.17, 15) is 13.2 Å². The number of anilines is 1. The number of sulfonamides is 1. The lowest BCUT2D eigenvalue weighted by Gasteiger charge is -2.15. The first kappa shape index (κ1) is 16.3. The normalized spacial score (nSPS) is 15.2. The van der Waals surface area contributed by atoms with Crippen LogP contribution in [0.3, 0.4) is 0 Å². The summed E-state index contributed by atoms with van der Waals surface area (Å²) in [7, 11) is -3.46. The highest BCUT2D eigenvalue weighted by atomic mass is 32.2. The Labute approximate surface area is 130 Å². The molecule has 1 amide bonds. The highest BCUT2D eigenvalue weighted by molar-refractivity contribution is 7.89. The van der Waals surface area contributed by atoms with Gasteiger partial charge in [-0.1, -0.05) is 5.92 Å². The van der Waals surface area contributed by atoms with Gasteiger partial charge in [0.2, 0.25) is 15.9 Å². The van der Waals surface area contributed by atoms with E-state index in [-0.39, 0.29) is 23.9 Å². The van der Waals surface area contributed by atoms with Crippen LogP contribution in [-0.4, -0.2) is 49.8 Å². The van der Waals surface area contributed by atoms with Crippen LogP contribution in [0, 0.1) is 12.3 Å². The number of pyridine rings is 1. The molecule has 2 heterocycles. The van der Waals surface area contributed by atoms with E-state index in [1.165, 1.54) is 22.6 Å². The summed E-state index contributed by atoms with van der Waals surface area (Å²) >= 11 is 0. The summed E-state index contributed by atoms with van der Waals surface area (Å²) in [5.74, 6) is 2.47. The Bertz CT molecular complexity index is 658. The zero-order valence-corrected chi connectivity index (χ0v) is 12.9. The molecule has 22 heavy (non-hydrogen) atoms. The van der Waals surface area contributed by atoms with Gasteiger partial charge in [-0.25, -0.2) is 13.4 Å². The van der Waals surface area contributed by atoms with Crippen LogP contribution < -0.4 is 10.6 Å². The third-order valence-electron chi connectivity index (χ3n) is 3.26. The largest absolute Gasteiger partial charge is 0.361 e. The molecule has 1 aliphatic heterocycles. The number of terminal acetylenes is 1. The smallest absolute Gasteiger partial charge is 0.244 e. The molecule has 1 aromatic rings. The summed E-state index contributed by atoms with van der Waals surface area (Å²) in [5.41, 5.74) is 0. The molecule has 1 saturated heterocycles. The van der Waals surface area contributed by atoms with Crippen molar-refractivity contribution in [1.29, 1.82) is 0 Å². The van der Waals surface area contributed by atoms with Crippen LogP contribution in [0.5, 0.6) is 0 Å². The molecule has 118 valence electrons. The fraction of sp³-hybridized carbons (Fsp3) is 0.429. The van der Waals surface area contributed by atoms with Crippen molar-refractivity contribution in [3.8, 4) is 12.3 Å². The van der Waals surface area contributed by atoms with E-state index in [1.807, 2.05) is 0 Å². The monoisotopic (exact) mass is 322 g/mol. The van der Waals surface area contributed by atoms with Crippen molar-refractivity contribution in [2.24, 2.45) is 0 Å². The van der Waals surface area contributed by atoms with Crippen LogP contribution in [0.15, 0.2) is 23.2 Å². The van der Waals surface area contributed by atoms with Crippen LogP contribution >= 0.6 is 0 Å². The second kappa shape index (κ2) is 7.24. The Balaban J connectivity index is 1.95. The van der Waals surface area contributed by atoms with Gasteiger partial charge in [0.25, 0.3) is 0 Å². The third-order valence-corrected chi connectivity index (χ3v) is 5.14. The minimum atomic E-state index is -3.46. The quantitative estimate of drug-likeness (QED) is 0.721. The van der Waals surface area contributed by atoms with E-state index < -0.39 is 10.0 Å². The molecule has 0 atom stereocenters. The van der Waals surface area contributed by atoms with Crippen molar-refractivity contribution in [3.05, 3.63) is 18.3 Å². The first-order valence-electron chi connectivity index (χ1n) is 6.94. The predicted octanol–water partition coefficient (Wildman–Crippen LogP) is 0.0274. The lowest BCUT2D eigenvalue weighted by Crippen LogP contribution is -2.30. The molecule has 0 spiro atoms. The average Bonchev–Trinajstić information content (AvgIpc) is 3.06. The summed E-state index contributed by atoms with van der Waals surface area (Å²) in [4.78, 5) is 15.6. The maximum absolute atomic E-state index is 12.3. The molecule has 0 unspecified atom stereocenters. The summed E-state index contributed by atoms with van der Waals surface area (Å²) < 4.78 is 26.1. The highest BCUT2D eigenvalue weighted by Gasteiger charge is 2.27. The summed E-state index contributed by atoms with van der Waals surface area (Å²) in [6.45, 7) is 1.29. The standard InChI is InChI=1S/C14H18N4O3S/c1-2-7-15-14(19)11-17-13-6-5-12(10-16-13)22(20,21)18-8-3-4-9-18/h1,5-6,10H,3-4,7-9,11H2,(H,15,19)(H,16,17). The van der Waals surface area contributed by atoms with E-state index in [0.29, 0.717) is 18.9 Å². The van der Waals surface area contributed by atoms with Crippen LogP contribution in [0.1, 0.15) is 12.8 Å². The summed E-state index contributed by atoms with van der Waals surface area (Å²) in [6.07, 6.45) is 8.11. The first-order valence-corrected chi connectivity index (χ1v) is 8.38. The maximum Gasteiger partial charge on any atom is 0.244 e. The van der Waals surface area contributed by atoms with Gasteiger partial charge < -0.3 is 10.6 Å². The molecule has 0 saturated carbocycles. The van der Waals surface area contributed by atoms with Crippen molar-refractivity contribution < 1.29 is 13.2 Å².